The number of rotatable bonds is 9. The second-order valence-corrected chi connectivity index (χ2v) is 4.87. The Morgan fingerprint density at radius 2 is 1.88 bits per heavy atom. The molecule has 0 heterocycles. The number of hydrogen-bond acceptors (Lipinski definition) is 4. The Balaban J connectivity index is 3.41. The largest absolute Gasteiger partial charge is 0.480 e. The number of carbonyl (C=O) groups is 2. The van der Waals surface area contributed by atoms with Gasteiger partial charge < -0.3 is 10.8 Å². The van der Waals surface area contributed by atoms with Gasteiger partial charge in [0.05, 0.1) is 0 Å². The van der Waals surface area contributed by atoms with E-state index in [2.05, 4.69) is 6.92 Å². The monoisotopic (exact) mass is 247 g/mol. The van der Waals surface area contributed by atoms with Crippen LogP contribution in [0.5, 0.6) is 0 Å². The van der Waals surface area contributed by atoms with Gasteiger partial charge in [0.25, 0.3) is 0 Å². The molecular weight excluding hydrogens is 226 g/mol. The van der Waals surface area contributed by atoms with Crippen LogP contribution in [0.4, 0.5) is 0 Å². The molecule has 0 amide bonds. The summed E-state index contributed by atoms with van der Waals surface area (Å²) in [4.78, 5) is 21.7. The lowest BCUT2D eigenvalue weighted by Crippen LogP contribution is -2.32. The quantitative estimate of drug-likeness (QED) is 0.609. The van der Waals surface area contributed by atoms with Gasteiger partial charge in [0.2, 0.25) is 0 Å². The predicted molar refractivity (Wildman–Crippen MR) is 66.5 cm³/mol. The van der Waals surface area contributed by atoms with Crippen LogP contribution in [-0.4, -0.2) is 28.0 Å². The number of hydrogen-bond donors (Lipinski definition) is 2. The van der Waals surface area contributed by atoms with E-state index in [1.54, 1.807) is 0 Å². The fourth-order valence-corrected chi connectivity index (χ4v) is 2.00. The number of nitrogens with two attached hydrogens (primary N) is 1. The Bertz CT molecular complexity index is 221. The van der Waals surface area contributed by atoms with E-state index in [0.717, 1.165) is 24.6 Å². The summed E-state index contributed by atoms with van der Waals surface area (Å²) in [5.41, 5.74) is 5.29. The number of carbonyl (C=O) groups excluding carboxylic acids is 1. The summed E-state index contributed by atoms with van der Waals surface area (Å²) in [7, 11) is 0. The lowest BCUT2D eigenvalue weighted by Gasteiger charge is -2.04. The number of unbranched alkanes of at least 4 members (excludes halogenated alkanes) is 4. The second kappa shape index (κ2) is 9.66. The number of aliphatic carboxylic acids is 1. The summed E-state index contributed by atoms with van der Waals surface area (Å²) in [5, 5.41) is 8.57. The molecule has 0 aromatic heterocycles. The van der Waals surface area contributed by atoms with Gasteiger partial charge in [-0.2, -0.15) is 0 Å². The van der Waals surface area contributed by atoms with Crippen molar-refractivity contribution in [1.29, 1.82) is 0 Å². The van der Waals surface area contributed by atoms with Gasteiger partial charge in [-0.15, -0.1) is 0 Å². The third kappa shape index (κ3) is 8.73. The van der Waals surface area contributed by atoms with Crippen LogP contribution >= 0.6 is 11.8 Å². The standard InChI is InChI=1S/C11H21NO3S/c1-2-3-4-5-6-7-10(13)16-8-9(12)11(14)15/h9H,2-8,12H2,1H3,(H,14,15)/t9-/m0/s1. The van der Waals surface area contributed by atoms with Crippen molar-refractivity contribution in [3.63, 3.8) is 0 Å². The van der Waals surface area contributed by atoms with Crippen molar-refractivity contribution in [3.05, 3.63) is 0 Å². The first-order valence-corrected chi connectivity index (χ1v) is 6.70. The molecule has 4 nitrogen and oxygen atoms in total. The number of carboxylic acid groups (broad SMARTS) is 1. The van der Waals surface area contributed by atoms with Crippen LogP contribution < -0.4 is 5.73 Å². The highest BCUT2D eigenvalue weighted by molar-refractivity contribution is 8.13. The van der Waals surface area contributed by atoms with Crippen molar-refractivity contribution >= 4 is 22.8 Å². The van der Waals surface area contributed by atoms with Crippen molar-refractivity contribution in [2.75, 3.05) is 5.75 Å². The summed E-state index contributed by atoms with van der Waals surface area (Å²) >= 11 is 1.03. The van der Waals surface area contributed by atoms with Crippen LogP contribution in [-0.2, 0) is 9.59 Å². The molecule has 0 spiro atoms. The first-order valence-electron chi connectivity index (χ1n) is 5.72. The Labute approximate surface area is 101 Å². The third-order valence-electron chi connectivity index (χ3n) is 2.23. The van der Waals surface area contributed by atoms with Crippen molar-refractivity contribution < 1.29 is 14.7 Å². The molecule has 0 bridgehead atoms. The fourth-order valence-electron chi connectivity index (χ4n) is 1.20. The Morgan fingerprint density at radius 1 is 1.25 bits per heavy atom. The van der Waals surface area contributed by atoms with Gasteiger partial charge in [-0.05, 0) is 6.42 Å². The molecule has 94 valence electrons. The van der Waals surface area contributed by atoms with Crippen LogP contribution in [0.25, 0.3) is 0 Å². The van der Waals surface area contributed by atoms with Crippen molar-refractivity contribution in [2.45, 2.75) is 51.5 Å². The molecule has 0 radical (unpaired) electrons. The minimum absolute atomic E-state index is 0.0493. The Hall–Kier alpha value is -0.550. The zero-order valence-corrected chi connectivity index (χ0v) is 10.6. The predicted octanol–water partition coefficient (Wildman–Crippen LogP) is 2.02. The van der Waals surface area contributed by atoms with Gasteiger partial charge in [0.1, 0.15) is 6.04 Å². The van der Waals surface area contributed by atoms with E-state index in [-0.39, 0.29) is 10.9 Å². The maximum absolute atomic E-state index is 11.3. The van der Waals surface area contributed by atoms with Gasteiger partial charge in [0.15, 0.2) is 5.12 Å². The fraction of sp³-hybridized carbons (Fsp3) is 0.818. The summed E-state index contributed by atoms with van der Waals surface area (Å²) in [5.74, 6) is -0.883. The molecule has 1 atom stereocenters. The second-order valence-electron chi connectivity index (χ2n) is 3.79. The van der Waals surface area contributed by atoms with Gasteiger partial charge in [-0.3, -0.25) is 9.59 Å². The van der Waals surface area contributed by atoms with Crippen LogP contribution in [0.2, 0.25) is 0 Å². The van der Waals surface area contributed by atoms with Gasteiger partial charge in [-0.1, -0.05) is 44.4 Å². The van der Waals surface area contributed by atoms with E-state index >= 15 is 0 Å². The van der Waals surface area contributed by atoms with E-state index < -0.39 is 12.0 Å². The minimum Gasteiger partial charge on any atom is -0.480 e. The molecule has 0 unspecified atom stereocenters. The molecule has 0 saturated heterocycles. The number of thioether (sulfide) groups is 1. The van der Waals surface area contributed by atoms with Crippen molar-refractivity contribution in [1.82, 2.24) is 0 Å². The highest BCUT2D eigenvalue weighted by Gasteiger charge is 2.13. The molecule has 5 heteroatoms. The van der Waals surface area contributed by atoms with Gasteiger partial charge in [-0.25, -0.2) is 0 Å². The molecule has 0 fully saturated rings. The SMILES string of the molecule is CCCCCCCC(=O)SC[C@H](N)C(=O)O. The summed E-state index contributed by atoms with van der Waals surface area (Å²) < 4.78 is 0. The smallest absolute Gasteiger partial charge is 0.321 e. The lowest BCUT2D eigenvalue weighted by atomic mass is 10.1. The van der Waals surface area contributed by atoms with Crippen LogP contribution in [0.3, 0.4) is 0 Å². The Kier molecular flexibility index (Phi) is 9.33. The van der Waals surface area contributed by atoms with E-state index in [0.29, 0.717) is 6.42 Å². The average Bonchev–Trinajstić information content (AvgIpc) is 2.25. The van der Waals surface area contributed by atoms with Crippen LogP contribution in [0, 0.1) is 0 Å². The van der Waals surface area contributed by atoms with E-state index in [1.807, 2.05) is 0 Å². The number of carboxylic acids is 1. The summed E-state index contributed by atoms with van der Waals surface area (Å²) in [6.45, 7) is 2.15. The first-order chi connectivity index (χ1) is 7.57. The van der Waals surface area contributed by atoms with Gasteiger partial charge in [0, 0.05) is 12.2 Å². The van der Waals surface area contributed by atoms with Crippen molar-refractivity contribution in [2.24, 2.45) is 5.73 Å². The van der Waals surface area contributed by atoms with Crippen LogP contribution in [0.1, 0.15) is 45.4 Å². The first kappa shape index (κ1) is 15.4. The molecule has 0 aromatic rings. The van der Waals surface area contributed by atoms with E-state index in [1.165, 1.54) is 19.3 Å². The van der Waals surface area contributed by atoms with E-state index in [9.17, 15) is 9.59 Å². The lowest BCUT2D eigenvalue weighted by molar-refractivity contribution is -0.137. The normalized spacial score (nSPS) is 12.4. The van der Waals surface area contributed by atoms with Gasteiger partial charge >= 0.3 is 5.97 Å². The molecule has 16 heavy (non-hydrogen) atoms. The highest BCUT2D eigenvalue weighted by atomic mass is 32.2. The zero-order chi connectivity index (χ0) is 12.4. The van der Waals surface area contributed by atoms with Crippen LogP contribution in [0.15, 0.2) is 0 Å². The molecule has 0 rings (SSSR count). The molecule has 0 aromatic carbocycles. The molecule has 3 N–H and O–H groups in total. The molecular formula is C11H21NO3S. The maximum atomic E-state index is 11.3. The highest BCUT2D eigenvalue weighted by Crippen LogP contribution is 2.12. The molecule has 0 aliphatic carbocycles. The molecule has 0 aliphatic rings. The Morgan fingerprint density at radius 3 is 2.44 bits per heavy atom. The average molecular weight is 247 g/mol. The summed E-state index contributed by atoms with van der Waals surface area (Å²) in [6.07, 6.45) is 6.07. The topological polar surface area (TPSA) is 80.4 Å². The summed E-state index contributed by atoms with van der Waals surface area (Å²) in [6, 6.07) is -0.936. The molecule has 0 saturated carbocycles. The van der Waals surface area contributed by atoms with E-state index in [4.69, 9.17) is 10.8 Å². The molecule has 0 aliphatic heterocycles. The zero-order valence-electron chi connectivity index (χ0n) is 9.78. The minimum atomic E-state index is -1.05. The third-order valence-corrected chi connectivity index (χ3v) is 3.28. The maximum Gasteiger partial charge on any atom is 0.321 e. The van der Waals surface area contributed by atoms with Crippen molar-refractivity contribution in [3.8, 4) is 0 Å².